The van der Waals surface area contributed by atoms with Gasteiger partial charge >= 0.3 is 26.9 Å². The molecule has 0 aromatic rings. The normalized spacial score (nSPS) is 10.2. The maximum atomic E-state index is 9.56. The molecule has 0 aliphatic heterocycles. The molecule has 0 aromatic heterocycles. The molecule has 4 nitrogen and oxygen atoms in total. The molecule has 0 unspecified atom stereocenters. The Bertz CT molecular complexity index is 127. The third kappa shape index (κ3) is 9.61. The van der Waals surface area contributed by atoms with Crippen molar-refractivity contribution in [2.24, 2.45) is 0 Å². The van der Waals surface area contributed by atoms with Gasteiger partial charge in [-0.1, -0.05) is 0 Å². The molecule has 0 saturated heterocycles. The van der Waals surface area contributed by atoms with Crippen LogP contribution in [-0.2, 0) is 31.1 Å². The third-order valence-corrected chi connectivity index (χ3v) is 0.800. The molecule has 0 aliphatic carbocycles. The van der Waals surface area contributed by atoms with E-state index in [0.717, 1.165) is 0 Å². The van der Waals surface area contributed by atoms with Crippen molar-refractivity contribution in [3.05, 3.63) is 0 Å². The van der Waals surface area contributed by atoms with E-state index in [4.69, 9.17) is 4.55 Å². The van der Waals surface area contributed by atoms with Gasteiger partial charge in [0.25, 0.3) is 0 Å². The first-order valence-corrected chi connectivity index (χ1v) is 3.04. The van der Waals surface area contributed by atoms with E-state index in [0.29, 0.717) is 0 Å². The van der Waals surface area contributed by atoms with Crippen molar-refractivity contribution in [1.82, 2.24) is 0 Å². The van der Waals surface area contributed by atoms with Gasteiger partial charge in [0.05, 0.1) is 6.61 Å². The zero-order chi connectivity index (χ0) is 5.91. The van der Waals surface area contributed by atoms with Crippen LogP contribution in [0.2, 0.25) is 0 Å². The van der Waals surface area contributed by atoms with Gasteiger partial charge < -0.3 is 0 Å². The van der Waals surface area contributed by atoms with Crippen LogP contribution in [0.1, 0.15) is 6.92 Å². The van der Waals surface area contributed by atoms with Crippen molar-refractivity contribution < 1.29 is 33.6 Å². The minimum atomic E-state index is -4.17. The summed E-state index contributed by atoms with van der Waals surface area (Å²) < 4.78 is 30.7. The summed E-state index contributed by atoms with van der Waals surface area (Å²) in [6.07, 6.45) is 0. The Morgan fingerprint density at radius 2 is 2.00 bits per heavy atom. The molecule has 0 amide bonds. The number of hydrogen-bond acceptors (Lipinski definition) is 3. The quantitative estimate of drug-likeness (QED) is 0.478. The standard InChI is InChI=1S/C2H6O4S.Ni/c1-2-6-7(3,4)5;/h2H2,1H3,(H,3,4,5);/q;+2. The largest absolute Gasteiger partial charge is 2.00 e. The topological polar surface area (TPSA) is 63.6 Å². The maximum Gasteiger partial charge on any atom is 2.00 e. The Hall–Kier alpha value is 0.364. The zero-order valence-corrected chi connectivity index (χ0v) is 5.91. The van der Waals surface area contributed by atoms with Crippen molar-refractivity contribution in [1.29, 1.82) is 0 Å². The molecule has 0 rings (SSSR count). The average Bonchev–Trinajstić information content (AvgIpc) is 1.30. The predicted molar refractivity (Wildman–Crippen MR) is 23.2 cm³/mol. The van der Waals surface area contributed by atoms with Gasteiger partial charge in [-0.2, -0.15) is 8.42 Å². The van der Waals surface area contributed by atoms with Crippen LogP contribution in [0.5, 0.6) is 0 Å². The third-order valence-electron chi connectivity index (χ3n) is 0.267. The second-order valence-corrected chi connectivity index (χ2v) is 1.93. The van der Waals surface area contributed by atoms with Crippen molar-refractivity contribution in [3.63, 3.8) is 0 Å². The summed E-state index contributed by atoms with van der Waals surface area (Å²) in [5, 5.41) is 0. The van der Waals surface area contributed by atoms with Gasteiger partial charge in [-0.3, -0.25) is 4.55 Å². The van der Waals surface area contributed by atoms with E-state index >= 15 is 0 Å². The summed E-state index contributed by atoms with van der Waals surface area (Å²) in [6, 6.07) is 0. The first-order chi connectivity index (χ1) is 3.06. The summed E-state index contributed by atoms with van der Waals surface area (Å²) in [7, 11) is -4.17. The van der Waals surface area contributed by atoms with Crippen molar-refractivity contribution >= 4 is 10.4 Å². The fraction of sp³-hybridized carbons (Fsp3) is 1.00. The monoisotopic (exact) mass is 184 g/mol. The maximum absolute atomic E-state index is 9.56. The first-order valence-electron chi connectivity index (χ1n) is 1.68. The van der Waals surface area contributed by atoms with Crippen molar-refractivity contribution in [3.8, 4) is 0 Å². The SMILES string of the molecule is CCOS(=O)(=O)O.[Ni+2]. The average molecular weight is 185 g/mol. The van der Waals surface area contributed by atoms with Gasteiger partial charge in [0.15, 0.2) is 0 Å². The fourth-order valence-corrected chi connectivity index (χ4v) is 0.447. The van der Waals surface area contributed by atoms with Crippen LogP contribution in [0.25, 0.3) is 0 Å². The summed E-state index contributed by atoms with van der Waals surface area (Å²) in [5.74, 6) is 0. The number of rotatable bonds is 2. The molecular weight excluding hydrogens is 179 g/mol. The molecule has 0 heterocycles. The molecule has 0 spiro atoms. The molecule has 0 aromatic carbocycles. The second-order valence-electron chi connectivity index (χ2n) is 0.834. The molecule has 0 saturated carbocycles. The van der Waals surface area contributed by atoms with E-state index in [-0.39, 0.29) is 23.1 Å². The fourth-order valence-electron chi connectivity index (χ4n) is 0.149. The van der Waals surface area contributed by atoms with Crippen LogP contribution in [0, 0.1) is 0 Å². The van der Waals surface area contributed by atoms with Crippen LogP contribution in [0.4, 0.5) is 0 Å². The number of hydrogen-bond donors (Lipinski definition) is 1. The van der Waals surface area contributed by atoms with Crippen molar-refractivity contribution in [2.45, 2.75) is 6.92 Å². The first kappa shape index (κ1) is 11.2. The Balaban J connectivity index is 0. The minimum Gasteiger partial charge on any atom is -0.264 e. The van der Waals surface area contributed by atoms with Gasteiger partial charge in [0.2, 0.25) is 0 Å². The van der Waals surface area contributed by atoms with Gasteiger partial charge in [-0.05, 0) is 6.92 Å². The summed E-state index contributed by atoms with van der Waals surface area (Å²) in [4.78, 5) is 0. The molecule has 0 fully saturated rings. The van der Waals surface area contributed by atoms with Gasteiger partial charge in [-0.25, -0.2) is 4.18 Å². The Morgan fingerprint density at radius 1 is 1.62 bits per heavy atom. The second kappa shape index (κ2) is 4.26. The Labute approximate surface area is 58.1 Å². The van der Waals surface area contributed by atoms with E-state index in [2.05, 4.69) is 4.18 Å². The van der Waals surface area contributed by atoms with E-state index in [1.807, 2.05) is 0 Å². The van der Waals surface area contributed by atoms with E-state index < -0.39 is 10.4 Å². The van der Waals surface area contributed by atoms with Gasteiger partial charge in [-0.15, -0.1) is 0 Å². The van der Waals surface area contributed by atoms with Gasteiger partial charge in [0.1, 0.15) is 0 Å². The zero-order valence-electron chi connectivity index (χ0n) is 4.10. The molecule has 6 heteroatoms. The smallest absolute Gasteiger partial charge is 0.264 e. The van der Waals surface area contributed by atoms with E-state index in [1.54, 1.807) is 0 Å². The van der Waals surface area contributed by atoms with Crippen LogP contribution in [0.15, 0.2) is 0 Å². The molecule has 0 radical (unpaired) electrons. The van der Waals surface area contributed by atoms with Crippen LogP contribution in [0.3, 0.4) is 0 Å². The van der Waals surface area contributed by atoms with Crippen molar-refractivity contribution in [2.75, 3.05) is 6.61 Å². The molecule has 1 N–H and O–H groups in total. The molecular formula is C2H6NiO4S+2. The summed E-state index contributed by atoms with van der Waals surface area (Å²) in [6.45, 7) is 1.44. The van der Waals surface area contributed by atoms with E-state index in [9.17, 15) is 8.42 Å². The van der Waals surface area contributed by atoms with Crippen LogP contribution in [-0.4, -0.2) is 19.6 Å². The minimum absolute atomic E-state index is 0. The molecule has 8 heavy (non-hydrogen) atoms. The predicted octanol–water partition coefficient (Wildman–Crippen LogP) is -0.177. The van der Waals surface area contributed by atoms with Crippen LogP contribution < -0.4 is 0 Å². The van der Waals surface area contributed by atoms with Crippen LogP contribution >= 0.6 is 0 Å². The summed E-state index contributed by atoms with van der Waals surface area (Å²) in [5.41, 5.74) is 0. The summed E-state index contributed by atoms with van der Waals surface area (Å²) >= 11 is 0. The molecule has 0 atom stereocenters. The van der Waals surface area contributed by atoms with E-state index in [1.165, 1.54) is 6.92 Å². The molecule has 0 aliphatic rings. The Morgan fingerprint density at radius 3 is 2.00 bits per heavy atom. The molecule has 0 bridgehead atoms. The molecule has 52 valence electrons. The van der Waals surface area contributed by atoms with Gasteiger partial charge in [0, 0.05) is 0 Å². The Kier molecular flexibility index (Phi) is 5.97.